The Hall–Kier alpha value is -2.09. The molecule has 2 heterocycles. The number of alkyl halides is 2. The van der Waals surface area contributed by atoms with Crippen molar-refractivity contribution in [3.63, 3.8) is 0 Å². The van der Waals surface area contributed by atoms with Crippen LogP contribution in [-0.4, -0.2) is 47.0 Å². The normalized spacial score (nSPS) is 19.3. The van der Waals surface area contributed by atoms with E-state index in [0.717, 1.165) is 17.6 Å². The fourth-order valence-corrected chi connectivity index (χ4v) is 7.96. The van der Waals surface area contributed by atoms with Crippen LogP contribution in [0.5, 0.6) is 0 Å². The molecule has 0 radical (unpaired) electrons. The molecule has 1 aliphatic carbocycles. The van der Waals surface area contributed by atoms with Gasteiger partial charge >= 0.3 is 0 Å². The first-order valence-electron chi connectivity index (χ1n) is 11.3. The molecule has 1 spiro atoms. The molecule has 1 saturated carbocycles. The van der Waals surface area contributed by atoms with Gasteiger partial charge < -0.3 is 4.90 Å². The van der Waals surface area contributed by atoms with Gasteiger partial charge in [0.15, 0.2) is 0 Å². The molecule has 13 heteroatoms. The fraction of sp³-hybridized carbons (Fsp3) is 0.522. The SMILES string of the molecule is CC(C)(C)NS(=O)(=O)c1cc(C(=O)N2CC3(CCC(F)(F)CC3)c3cc(NS(C)(=O)=O)ccc32)cs1. The van der Waals surface area contributed by atoms with Crippen LogP contribution in [0.3, 0.4) is 0 Å². The highest BCUT2D eigenvalue weighted by molar-refractivity contribution is 7.92. The van der Waals surface area contributed by atoms with E-state index in [-0.39, 0.29) is 42.0 Å². The number of hydrogen-bond acceptors (Lipinski definition) is 6. The van der Waals surface area contributed by atoms with Gasteiger partial charge in [0.2, 0.25) is 15.9 Å². The first-order valence-corrected chi connectivity index (χ1v) is 15.6. The Balaban J connectivity index is 1.70. The molecule has 0 saturated heterocycles. The second kappa shape index (κ2) is 8.74. The van der Waals surface area contributed by atoms with E-state index in [2.05, 4.69) is 9.44 Å². The number of carbonyl (C=O) groups is 1. The summed E-state index contributed by atoms with van der Waals surface area (Å²) in [6.07, 6.45) is 0.620. The molecule has 1 amide bonds. The van der Waals surface area contributed by atoms with E-state index >= 15 is 0 Å². The van der Waals surface area contributed by atoms with Crippen LogP contribution < -0.4 is 14.3 Å². The monoisotopic (exact) mass is 561 g/mol. The Bertz CT molecular complexity index is 1400. The summed E-state index contributed by atoms with van der Waals surface area (Å²) in [4.78, 5) is 15.0. The summed E-state index contributed by atoms with van der Waals surface area (Å²) < 4.78 is 82.0. The van der Waals surface area contributed by atoms with Gasteiger partial charge in [0, 0.05) is 47.1 Å². The smallest absolute Gasteiger partial charge is 0.259 e. The standard InChI is InChI=1S/C23H29F2N3O5S3/c1-21(2,3)27-36(32,33)19-11-15(13-34-19)20(29)28-14-22(7-9-23(24,25)10-8-22)17-12-16(5-6-18(17)28)26-35(4,30)31/h5-6,11-13,26-27H,7-10,14H2,1-4H3. The van der Waals surface area contributed by atoms with Crippen LogP contribution in [0.2, 0.25) is 0 Å². The number of hydrogen-bond donors (Lipinski definition) is 2. The number of nitrogens with zero attached hydrogens (tertiary/aromatic N) is 1. The molecule has 36 heavy (non-hydrogen) atoms. The molecular weight excluding hydrogens is 532 g/mol. The van der Waals surface area contributed by atoms with Crippen LogP contribution in [0, 0.1) is 0 Å². The molecule has 1 aromatic heterocycles. The second-order valence-corrected chi connectivity index (χ2v) is 15.2. The lowest BCUT2D eigenvalue weighted by Crippen LogP contribution is -2.42. The van der Waals surface area contributed by atoms with Crippen LogP contribution in [0.25, 0.3) is 0 Å². The summed E-state index contributed by atoms with van der Waals surface area (Å²) in [5.74, 6) is -3.23. The maximum absolute atomic E-state index is 14.0. The van der Waals surface area contributed by atoms with Crippen molar-refractivity contribution in [3.8, 4) is 0 Å². The summed E-state index contributed by atoms with van der Waals surface area (Å²) in [6.45, 7) is 5.29. The van der Waals surface area contributed by atoms with Gasteiger partial charge in [0.25, 0.3) is 15.9 Å². The zero-order chi connectivity index (χ0) is 26.7. The van der Waals surface area contributed by atoms with E-state index in [1.807, 2.05) is 0 Å². The van der Waals surface area contributed by atoms with E-state index in [1.165, 1.54) is 22.4 Å². The fourth-order valence-electron chi connectivity index (χ4n) is 4.83. The molecule has 2 aromatic rings. The van der Waals surface area contributed by atoms with E-state index in [0.29, 0.717) is 16.9 Å². The minimum Gasteiger partial charge on any atom is -0.307 e. The number of nitrogens with one attached hydrogen (secondary N) is 2. The van der Waals surface area contributed by atoms with E-state index in [9.17, 15) is 30.4 Å². The lowest BCUT2D eigenvalue weighted by atomic mass is 9.69. The van der Waals surface area contributed by atoms with Crippen LogP contribution in [0.15, 0.2) is 33.9 Å². The number of amides is 1. The van der Waals surface area contributed by atoms with E-state index in [4.69, 9.17) is 0 Å². The zero-order valence-corrected chi connectivity index (χ0v) is 22.8. The third kappa shape index (κ3) is 5.58. The maximum atomic E-state index is 14.0. The second-order valence-electron chi connectivity index (χ2n) is 10.6. The topological polar surface area (TPSA) is 113 Å². The molecule has 1 aliphatic heterocycles. The molecule has 198 valence electrons. The number of carbonyl (C=O) groups excluding carboxylic acids is 1. The number of sulfonamides is 2. The highest BCUT2D eigenvalue weighted by atomic mass is 32.2. The number of thiophene rings is 1. The van der Waals surface area contributed by atoms with Crippen LogP contribution in [0.4, 0.5) is 20.2 Å². The third-order valence-electron chi connectivity index (χ3n) is 6.33. The van der Waals surface area contributed by atoms with E-state index in [1.54, 1.807) is 32.9 Å². The number of benzene rings is 1. The molecule has 0 atom stereocenters. The quantitative estimate of drug-likeness (QED) is 0.565. The number of rotatable bonds is 5. The molecular formula is C23H29F2N3O5S3. The van der Waals surface area contributed by atoms with Crippen LogP contribution in [-0.2, 0) is 25.5 Å². The molecule has 1 aromatic carbocycles. The molecule has 2 N–H and O–H groups in total. The van der Waals surface area contributed by atoms with E-state index < -0.39 is 42.8 Å². The molecule has 8 nitrogen and oxygen atoms in total. The summed E-state index contributed by atoms with van der Waals surface area (Å²) in [6, 6.07) is 6.06. The minimum atomic E-state index is -3.83. The van der Waals surface area contributed by atoms with Crippen molar-refractivity contribution >= 4 is 48.7 Å². The highest BCUT2D eigenvalue weighted by Crippen LogP contribution is 2.53. The summed E-state index contributed by atoms with van der Waals surface area (Å²) in [5.41, 5.74) is 0.163. The maximum Gasteiger partial charge on any atom is 0.259 e. The summed E-state index contributed by atoms with van der Waals surface area (Å²) >= 11 is 0.927. The molecule has 1 fully saturated rings. The van der Waals surface area contributed by atoms with Crippen molar-refractivity contribution in [3.05, 3.63) is 40.8 Å². The van der Waals surface area contributed by atoms with Gasteiger partial charge in [-0.1, -0.05) is 0 Å². The zero-order valence-electron chi connectivity index (χ0n) is 20.4. The van der Waals surface area contributed by atoms with Crippen molar-refractivity contribution in [2.24, 2.45) is 0 Å². The average Bonchev–Trinajstić information content (AvgIpc) is 3.32. The Kier molecular flexibility index (Phi) is 6.55. The minimum absolute atomic E-state index is 0.0000763. The highest BCUT2D eigenvalue weighted by Gasteiger charge is 2.51. The Labute approximate surface area is 214 Å². The number of halogens is 2. The van der Waals surface area contributed by atoms with Gasteiger partial charge in [0.05, 0.1) is 11.8 Å². The molecule has 2 aliphatic rings. The Morgan fingerprint density at radius 3 is 2.28 bits per heavy atom. The number of fused-ring (bicyclic) bond motifs is 2. The van der Waals surface area contributed by atoms with Crippen LogP contribution in [0.1, 0.15) is 62.4 Å². The molecule has 4 rings (SSSR count). The number of anilines is 2. The van der Waals surface area contributed by atoms with Gasteiger partial charge in [-0.2, -0.15) is 0 Å². The van der Waals surface area contributed by atoms with Gasteiger partial charge in [0.1, 0.15) is 4.21 Å². The first-order chi connectivity index (χ1) is 16.4. The van der Waals surface area contributed by atoms with Crippen molar-refractivity contribution in [1.82, 2.24) is 4.72 Å². The van der Waals surface area contributed by atoms with Gasteiger partial charge in [-0.25, -0.2) is 30.3 Å². The Morgan fingerprint density at radius 1 is 1.06 bits per heavy atom. The van der Waals surface area contributed by atoms with Crippen molar-refractivity contribution < 1.29 is 30.4 Å². The summed E-state index contributed by atoms with van der Waals surface area (Å²) in [5, 5.41) is 1.47. The van der Waals surface area contributed by atoms with Crippen LogP contribution >= 0.6 is 11.3 Å². The average molecular weight is 562 g/mol. The lowest BCUT2D eigenvalue weighted by molar-refractivity contribution is -0.0499. The third-order valence-corrected chi connectivity index (χ3v) is 10.1. The molecule has 0 unspecified atom stereocenters. The van der Waals surface area contributed by atoms with Gasteiger partial charge in [-0.15, -0.1) is 11.3 Å². The lowest BCUT2D eigenvalue weighted by Gasteiger charge is -2.37. The Morgan fingerprint density at radius 2 is 1.69 bits per heavy atom. The first kappa shape index (κ1) is 27.0. The van der Waals surface area contributed by atoms with Gasteiger partial charge in [-0.3, -0.25) is 9.52 Å². The summed E-state index contributed by atoms with van der Waals surface area (Å²) in [7, 11) is -7.39. The van der Waals surface area contributed by atoms with Crippen molar-refractivity contribution in [1.29, 1.82) is 0 Å². The predicted octanol–water partition coefficient (Wildman–Crippen LogP) is 4.30. The largest absolute Gasteiger partial charge is 0.307 e. The molecule has 0 bridgehead atoms. The van der Waals surface area contributed by atoms with Crippen molar-refractivity contribution in [2.45, 2.75) is 67.5 Å². The van der Waals surface area contributed by atoms with Crippen molar-refractivity contribution in [2.75, 3.05) is 22.4 Å². The van der Waals surface area contributed by atoms with Gasteiger partial charge in [-0.05, 0) is 63.4 Å². The predicted molar refractivity (Wildman–Crippen MR) is 136 cm³/mol.